The van der Waals surface area contributed by atoms with E-state index < -0.39 is 18.0 Å². The quantitative estimate of drug-likeness (QED) is 0.765. The van der Waals surface area contributed by atoms with Gasteiger partial charge in [-0.05, 0) is 52.9 Å². The Bertz CT molecular complexity index is 659. The monoisotopic (exact) mass is 407 g/mol. The van der Waals surface area contributed by atoms with Crippen molar-refractivity contribution in [3.05, 3.63) is 57.7 Å². The first-order valence-corrected chi connectivity index (χ1v) is 6.85. The second-order valence-corrected chi connectivity index (χ2v) is 5.25. The number of hydrogen-bond donors (Lipinski definition) is 1. The summed E-state index contributed by atoms with van der Waals surface area (Å²) < 4.78 is 41.6. The van der Waals surface area contributed by atoms with Crippen molar-refractivity contribution in [1.29, 1.82) is 0 Å². The molecule has 0 bridgehead atoms. The van der Waals surface area contributed by atoms with Gasteiger partial charge in [-0.2, -0.15) is 0 Å². The summed E-state index contributed by atoms with van der Waals surface area (Å²) in [5.74, 6) is -0.962. The molecule has 21 heavy (non-hydrogen) atoms. The van der Waals surface area contributed by atoms with Crippen molar-refractivity contribution in [2.45, 2.75) is 6.36 Å². The van der Waals surface area contributed by atoms with Gasteiger partial charge in [0.15, 0.2) is 5.75 Å². The van der Waals surface area contributed by atoms with E-state index in [1.807, 2.05) is 22.6 Å². The molecule has 0 atom stereocenters. The topological polar surface area (TPSA) is 38.3 Å². The average molecular weight is 407 g/mol. The van der Waals surface area contributed by atoms with E-state index in [9.17, 15) is 18.0 Å². The first-order valence-electron chi connectivity index (χ1n) is 5.77. The van der Waals surface area contributed by atoms with E-state index in [1.54, 1.807) is 24.3 Å². The lowest BCUT2D eigenvalue weighted by atomic mass is 10.2. The molecule has 3 nitrogen and oxygen atoms in total. The molecule has 0 aliphatic carbocycles. The number of benzene rings is 2. The Balaban J connectivity index is 2.22. The van der Waals surface area contributed by atoms with Crippen molar-refractivity contribution in [3.8, 4) is 5.75 Å². The van der Waals surface area contributed by atoms with E-state index in [0.29, 0.717) is 5.56 Å². The Morgan fingerprint density at radius 3 is 2.48 bits per heavy atom. The summed E-state index contributed by atoms with van der Waals surface area (Å²) >= 11 is 2.04. The Labute approximate surface area is 132 Å². The van der Waals surface area contributed by atoms with Gasteiger partial charge in [0.2, 0.25) is 0 Å². The van der Waals surface area contributed by atoms with Gasteiger partial charge in [-0.25, -0.2) is 0 Å². The number of hydrogen-bond acceptors (Lipinski definition) is 2. The van der Waals surface area contributed by atoms with Gasteiger partial charge in [0.25, 0.3) is 5.91 Å². The van der Waals surface area contributed by atoms with E-state index >= 15 is 0 Å². The molecule has 7 heteroatoms. The highest BCUT2D eigenvalue weighted by molar-refractivity contribution is 14.1. The van der Waals surface area contributed by atoms with Crippen LogP contribution in [0.5, 0.6) is 5.75 Å². The molecule has 2 aromatic carbocycles. The van der Waals surface area contributed by atoms with Crippen molar-refractivity contribution >= 4 is 34.2 Å². The Morgan fingerprint density at radius 2 is 1.81 bits per heavy atom. The maximum Gasteiger partial charge on any atom is 0.573 e. The zero-order valence-corrected chi connectivity index (χ0v) is 12.6. The minimum atomic E-state index is -4.82. The normalized spacial score (nSPS) is 11.0. The zero-order valence-electron chi connectivity index (χ0n) is 10.4. The molecule has 0 saturated carbocycles. The predicted octanol–water partition coefficient (Wildman–Crippen LogP) is 4.44. The second-order valence-electron chi connectivity index (χ2n) is 4.01. The van der Waals surface area contributed by atoms with Crippen LogP contribution >= 0.6 is 22.6 Å². The highest BCUT2D eigenvalue weighted by Crippen LogP contribution is 2.30. The third-order valence-corrected chi connectivity index (χ3v) is 3.12. The Morgan fingerprint density at radius 1 is 1.10 bits per heavy atom. The number of carbonyl (C=O) groups excluding carboxylic acids is 1. The molecule has 0 aliphatic heterocycles. The minimum Gasteiger partial charge on any atom is -0.404 e. The smallest absolute Gasteiger partial charge is 0.404 e. The van der Waals surface area contributed by atoms with Gasteiger partial charge in [-0.3, -0.25) is 4.79 Å². The zero-order chi connectivity index (χ0) is 15.5. The van der Waals surface area contributed by atoms with Crippen molar-refractivity contribution in [3.63, 3.8) is 0 Å². The molecule has 0 unspecified atom stereocenters. The van der Waals surface area contributed by atoms with E-state index in [2.05, 4.69) is 10.1 Å². The van der Waals surface area contributed by atoms with Crippen LogP contribution in [0, 0.1) is 3.57 Å². The lowest BCUT2D eigenvalue weighted by molar-refractivity contribution is -0.274. The lowest BCUT2D eigenvalue weighted by Gasteiger charge is -2.13. The number of ether oxygens (including phenoxy) is 1. The SMILES string of the molecule is O=C(Nc1ccccc1OC(F)(F)F)c1cccc(I)c1. The van der Waals surface area contributed by atoms with Crippen LogP contribution in [0.1, 0.15) is 10.4 Å². The van der Waals surface area contributed by atoms with Crippen LogP contribution < -0.4 is 10.1 Å². The van der Waals surface area contributed by atoms with E-state index in [-0.39, 0.29) is 5.69 Å². The van der Waals surface area contributed by atoms with Crippen LogP contribution in [0.4, 0.5) is 18.9 Å². The molecule has 0 heterocycles. The summed E-state index contributed by atoms with van der Waals surface area (Å²) in [6, 6.07) is 12.1. The molecule has 2 rings (SSSR count). The fourth-order valence-corrected chi connectivity index (χ4v) is 2.15. The fraction of sp³-hybridized carbons (Fsp3) is 0.0714. The van der Waals surface area contributed by atoms with Gasteiger partial charge in [0.05, 0.1) is 5.69 Å². The van der Waals surface area contributed by atoms with Crippen molar-refractivity contribution in [2.24, 2.45) is 0 Å². The van der Waals surface area contributed by atoms with E-state index in [4.69, 9.17) is 0 Å². The van der Waals surface area contributed by atoms with E-state index in [1.165, 1.54) is 18.2 Å². The predicted molar refractivity (Wildman–Crippen MR) is 80.2 cm³/mol. The number of halogens is 4. The standard InChI is InChI=1S/C14H9F3INO2/c15-14(16,17)21-12-7-2-1-6-11(12)19-13(20)9-4-3-5-10(18)8-9/h1-8H,(H,19,20). The molecule has 0 radical (unpaired) electrons. The lowest BCUT2D eigenvalue weighted by Crippen LogP contribution is -2.19. The number of carbonyl (C=O) groups is 1. The van der Waals surface area contributed by atoms with Crippen LogP contribution in [0.25, 0.3) is 0 Å². The molecule has 1 amide bonds. The molecule has 2 aromatic rings. The number of anilines is 1. The maximum absolute atomic E-state index is 12.3. The molecule has 0 fully saturated rings. The summed E-state index contributed by atoms with van der Waals surface area (Å²) in [5.41, 5.74) is 0.308. The van der Waals surface area contributed by atoms with Gasteiger partial charge >= 0.3 is 6.36 Å². The van der Waals surface area contributed by atoms with Crippen LogP contribution in [-0.4, -0.2) is 12.3 Å². The van der Waals surface area contributed by atoms with Crippen molar-refractivity contribution < 1.29 is 22.7 Å². The summed E-state index contributed by atoms with van der Waals surface area (Å²) in [4.78, 5) is 12.0. The fourth-order valence-electron chi connectivity index (χ4n) is 1.61. The van der Waals surface area contributed by atoms with Gasteiger partial charge in [-0.15, -0.1) is 13.2 Å². The molecule has 110 valence electrons. The third kappa shape index (κ3) is 4.62. The molecular formula is C14H9F3INO2. The van der Waals surface area contributed by atoms with Crippen LogP contribution in [0.3, 0.4) is 0 Å². The van der Waals surface area contributed by atoms with Crippen molar-refractivity contribution in [2.75, 3.05) is 5.32 Å². The first kappa shape index (κ1) is 15.6. The summed E-state index contributed by atoms with van der Waals surface area (Å²) in [6.07, 6.45) is -4.82. The Kier molecular flexibility index (Phi) is 4.71. The summed E-state index contributed by atoms with van der Waals surface area (Å²) in [5, 5.41) is 2.41. The van der Waals surface area contributed by atoms with Gasteiger partial charge in [-0.1, -0.05) is 18.2 Å². The highest BCUT2D eigenvalue weighted by atomic mass is 127. The number of rotatable bonds is 3. The van der Waals surface area contributed by atoms with Gasteiger partial charge < -0.3 is 10.1 Å². The molecule has 1 N–H and O–H groups in total. The summed E-state index contributed by atoms with van der Waals surface area (Å²) in [7, 11) is 0. The maximum atomic E-state index is 12.3. The van der Waals surface area contributed by atoms with Gasteiger partial charge in [0, 0.05) is 9.13 Å². The summed E-state index contributed by atoms with van der Waals surface area (Å²) in [6.45, 7) is 0. The molecular weight excluding hydrogens is 398 g/mol. The van der Waals surface area contributed by atoms with Crippen molar-refractivity contribution in [1.82, 2.24) is 0 Å². The highest BCUT2D eigenvalue weighted by Gasteiger charge is 2.32. The van der Waals surface area contributed by atoms with E-state index in [0.717, 1.165) is 9.64 Å². The Hall–Kier alpha value is -1.77. The number of amides is 1. The van der Waals surface area contributed by atoms with Crippen LogP contribution in [-0.2, 0) is 0 Å². The number of alkyl halides is 3. The molecule has 0 aromatic heterocycles. The molecule has 0 saturated heterocycles. The molecule has 0 spiro atoms. The molecule has 0 aliphatic rings. The average Bonchev–Trinajstić information content (AvgIpc) is 2.39. The first-order chi connectivity index (χ1) is 9.85. The number of nitrogens with one attached hydrogen (secondary N) is 1. The number of para-hydroxylation sites is 2. The van der Waals surface area contributed by atoms with Crippen LogP contribution in [0.2, 0.25) is 0 Å². The second kappa shape index (κ2) is 6.33. The minimum absolute atomic E-state index is 0.0429. The third-order valence-electron chi connectivity index (χ3n) is 2.45. The van der Waals surface area contributed by atoms with Crippen LogP contribution in [0.15, 0.2) is 48.5 Å². The largest absolute Gasteiger partial charge is 0.573 e. The van der Waals surface area contributed by atoms with Gasteiger partial charge in [0.1, 0.15) is 0 Å².